The summed E-state index contributed by atoms with van der Waals surface area (Å²) in [5, 5.41) is 3.77. The average Bonchev–Trinajstić information content (AvgIpc) is 2.87. The van der Waals surface area contributed by atoms with Gasteiger partial charge in [-0.15, -0.1) is 0 Å². The standard InChI is InChI=1S/C12H12N2O/c13-10-3-1-2-9(8-10)12(5-6-12)11-4-7-14-15-11/h1-4,7-8H,5-6,13H2. The number of anilines is 1. The summed E-state index contributed by atoms with van der Waals surface area (Å²) in [7, 11) is 0. The van der Waals surface area contributed by atoms with Crippen LogP contribution in [-0.2, 0) is 5.41 Å². The van der Waals surface area contributed by atoms with Crippen LogP contribution in [0, 0.1) is 0 Å². The van der Waals surface area contributed by atoms with Gasteiger partial charge in [-0.3, -0.25) is 0 Å². The normalized spacial score (nSPS) is 17.6. The lowest BCUT2D eigenvalue weighted by Gasteiger charge is -2.12. The Bertz CT molecular complexity index is 472. The maximum absolute atomic E-state index is 5.79. The van der Waals surface area contributed by atoms with E-state index in [2.05, 4.69) is 11.2 Å². The number of nitrogen functional groups attached to an aromatic ring is 1. The van der Waals surface area contributed by atoms with Crippen molar-refractivity contribution in [2.24, 2.45) is 0 Å². The van der Waals surface area contributed by atoms with E-state index in [4.69, 9.17) is 10.3 Å². The molecule has 3 heteroatoms. The van der Waals surface area contributed by atoms with Crippen LogP contribution in [-0.4, -0.2) is 5.16 Å². The molecule has 0 unspecified atom stereocenters. The topological polar surface area (TPSA) is 52.0 Å². The van der Waals surface area contributed by atoms with Gasteiger partial charge in [-0.1, -0.05) is 17.3 Å². The molecule has 1 heterocycles. The molecule has 1 aromatic heterocycles. The van der Waals surface area contributed by atoms with Crippen molar-refractivity contribution in [1.82, 2.24) is 5.16 Å². The van der Waals surface area contributed by atoms with Gasteiger partial charge in [0.05, 0.1) is 11.6 Å². The molecule has 0 amide bonds. The van der Waals surface area contributed by atoms with Gasteiger partial charge in [0, 0.05) is 11.8 Å². The van der Waals surface area contributed by atoms with E-state index in [1.807, 2.05) is 24.3 Å². The maximum Gasteiger partial charge on any atom is 0.147 e. The zero-order chi connectivity index (χ0) is 10.3. The minimum absolute atomic E-state index is 0.0475. The first-order valence-electron chi connectivity index (χ1n) is 5.08. The Kier molecular flexibility index (Phi) is 1.63. The highest BCUT2D eigenvalue weighted by Crippen LogP contribution is 2.53. The quantitative estimate of drug-likeness (QED) is 0.757. The van der Waals surface area contributed by atoms with Crippen molar-refractivity contribution in [3.63, 3.8) is 0 Å². The molecule has 0 radical (unpaired) electrons. The van der Waals surface area contributed by atoms with E-state index in [1.54, 1.807) is 6.20 Å². The third-order valence-electron chi connectivity index (χ3n) is 3.10. The fourth-order valence-corrected chi connectivity index (χ4v) is 2.10. The smallest absolute Gasteiger partial charge is 0.147 e. The Labute approximate surface area is 87.9 Å². The van der Waals surface area contributed by atoms with Crippen molar-refractivity contribution in [2.45, 2.75) is 18.3 Å². The van der Waals surface area contributed by atoms with Gasteiger partial charge in [-0.25, -0.2) is 0 Å². The summed E-state index contributed by atoms with van der Waals surface area (Å²) >= 11 is 0. The van der Waals surface area contributed by atoms with Crippen LogP contribution in [0.25, 0.3) is 0 Å². The van der Waals surface area contributed by atoms with E-state index in [1.165, 1.54) is 5.56 Å². The lowest BCUT2D eigenvalue weighted by Crippen LogP contribution is -2.07. The molecular formula is C12H12N2O. The second kappa shape index (κ2) is 2.86. The van der Waals surface area contributed by atoms with Gasteiger partial charge in [0.1, 0.15) is 5.76 Å². The molecule has 0 aliphatic heterocycles. The Morgan fingerprint density at radius 2 is 2.13 bits per heavy atom. The van der Waals surface area contributed by atoms with Crippen molar-refractivity contribution < 1.29 is 4.52 Å². The van der Waals surface area contributed by atoms with E-state index in [0.717, 1.165) is 24.3 Å². The molecule has 0 atom stereocenters. The van der Waals surface area contributed by atoms with Crippen LogP contribution in [0.5, 0.6) is 0 Å². The van der Waals surface area contributed by atoms with Gasteiger partial charge in [-0.2, -0.15) is 0 Å². The summed E-state index contributed by atoms with van der Waals surface area (Å²) < 4.78 is 5.26. The van der Waals surface area contributed by atoms with Crippen LogP contribution in [0.15, 0.2) is 41.1 Å². The molecule has 1 fully saturated rings. The monoisotopic (exact) mass is 200 g/mol. The molecule has 3 rings (SSSR count). The lowest BCUT2D eigenvalue weighted by atomic mass is 9.93. The van der Waals surface area contributed by atoms with Crippen molar-refractivity contribution in [2.75, 3.05) is 5.73 Å². The minimum atomic E-state index is 0.0475. The molecule has 0 bridgehead atoms. The van der Waals surface area contributed by atoms with Gasteiger partial charge >= 0.3 is 0 Å². The fraction of sp³-hybridized carbons (Fsp3) is 0.250. The first-order chi connectivity index (χ1) is 7.31. The molecule has 76 valence electrons. The van der Waals surface area contributed by atoms with E-state index in [-0.39, 0.29) is 5.41 Å². The summed E-state index contributed by atoms with van der Waals surface area (Å²) in [6.07, 6.45) is 3.93. The molecular weight excluding hydrogens is 188 g/mol. The third-order valence-corrected chi connectivity index (χ3v) is 3.10. The summed E-state index contributed by atoms with van der Waals surface area (Å²) in [6, 6.07) is 9.96. The molecule has 2 aromatic rings. The molecule has 2 N–H and O–H groups in total. The summed E-state index contributed by atoms with van der Waals surface area (Å²) in [5.41, 5.74) is 7.88. The van der Waals surface area contributed by atoms with Crippen LogP contribution in [0.3, 0.4) is 0 Å². The highest BCUT2D eigenvalue weighted by Gasteiger charge is 2.48. The van der Waals surface area contributed by atoms with Crippen LogP contribution in [0.1, 0.15) is 24.2 Å². The number of nitrogens with two attached hydrogens (primary N) is 1. The second-order valence-corrected chi connectivity index (χ2v) is 4.08. The molecule has 0 spiro atoms. The summed E-state index contributed by atoms with van der Waals surface area (Å²) in [5.74, 6) is 0.952. The molecule has 3 nitrogen and oxygen atoms in total. The first-order valence-corrected chi connectivity index (χ1v) is 5.08. The Morgan fingerprint density at radius 3 is 2.73 bits per heavy atom. The highest BCUT2D eigenvalue weighted by atomic mass is 16.5. The van der Waals surface area contributed by atoms with Gasteiger partial charge in [0.25, 0.3) is 0 Å². The maximum atomic E-state index is 5.79. The predicted octanol–water partition coefficient (Wildman–Crippen LogP) is 2.34. The SMILES string of the molecule is Nc1cccc(C2(c3ccno3)CC2)c1. The van der Waals surface area contributed by atoms with Crippen LogP contribution in [0.4, 0.5) is 5.69 Å². The van der Waals surface area contributed by atoms with Crippen LogP contribution >= 0.6 is 0 Å². The number of rotatable bonds is 2. The van der Waals surface area contributed by atoms with Gasteiger partial charge in [0.15, 0.2) is 0 Å². The second-order valence-electron chi connectivity index (χ2n) is 4.08. The van der Waals surface area contributed by atoms with Gasteiger partial charge < -0.3 is 10.3 Å². The Hall–Kier alpha value is -1.77. The van der Waals surface area contributed by atoms with Crippen LogP contribution in [0.2, 0.25) is 0 Å². The number of aromatic nitrogens is 1. The zero-order valence-corrected chi connectivity index (χ0v) is 8.31. The zero-order valence-electron chi connectivity index (χ0n) is 8.31. The molecule has 15 heavy (non-hydrogen) atoms. The predicted molar refractivity (Wildman–Crippen MR) is 57.4 cm³/mol. The first kappa shape index (κ1) is 8.53. The summed E-state index contributed by atoms with van der Waals surface area (Å²) in [6.45, 7) is 0. The molecule has 1 saturated carbocycles. The lowest BCUT2D eigenvalue weighted by molar-refractivity contribution is 0.366. The van der Waals surface area contributed by atoms with Crippen molar-refractivity contribution in [1.29, 1.82) is 0 Å². The molecule has 0 saturated heterocycles. The van der Waals surface area contributed by atoms with E-state index in [0.29, 0.717) is 0 Å². The van der Waals surface area contributed by atoms with Crippen molar-refractivity contribution >= 4 is 5.69 Å². The van der Waals surface area contributed by atoms with E-state index >= 15 is 0 Å². The van der Waals surface area contributed by atoms with E-state index in [9.17, 15) is 0 Å². The number of hydrogen-bond donors (Lipinski definition) is 1. The van der Waals surface area contributed by atoms with Gasteiger partial charge in [-0.05, 0) is 30.5 Å². The number of nitrogens with zero attached hydrogens (tertiary/aromatic N) is 1. The molecule has 1 aliphatic carbocycles. The Balaban J connectivity index is 2.07. The third kappa shape index (κ3) is 1.23. The van der Waals surface area contributed by atoms with Crippen molar-refractivity contribution in [3.8, 4) is 0 Å². The minimum Gasteiger partial charge on any atom is -0.399 e. The number of benzene rings is 1. The Morgan fingerprint density at radius 1 is 1.27 bits per heavy atom. The molecule has 1 aromatic carbocycles. The molecule has 1 aliphatic rings. The van der Waals surface area contributed by atoms with Crippen LogP contribution < -0.4 is 5.73 Å². The van der Waals surface area contributed by atoms with Gasteiger partial charge in [0.2, 0.25) is 0 Å². The highest BCUT2D eigenvalue weighted by molar-refractivity contribution is 5.48. The fourth-order valence-electron chi connectivity index (χ4n) is 2.10. The number of hydrogen-bond acceptors (Lipinski definition) is 3. The summed E-state index contributed by atoms with van der Waals surface area (Å²) in [4.78, 5) is 0. The van der Waals surface area contributed by atoms with E-state index < -0.39 is 0 Å². The van der Waals surface area contributed by atoms with Crippen molar-refractivity contribution in [3.05, 3.63) is 47.9 Å². The largest absolute Gasteiger partial charge is 0.399 e. The average molecular weight is 200 g/mol.